The SMILES string of the molecule is Cc1c(Cl)cnn1Cc1ccc(CNCC(C)C)cc1Br. The van der Waals surface area contributed by atoms with E-state index in [9.17, 15) is 0 Å². The minimum Gasteiger partial charge on any atom is -0.312 e. The lowest BCUT2D eigenvalue weighted by Gasteiger charge is -2.11. The smallest absolute Gasteiger partial charge is 0.0815 e. The van der Waals surface area contributed by atoms with Crippen LogP contribution in [0.1, 0.15) is 30.7 Å². The van der Waals surface area contributed by atoms with Gasteiger partial charge in [-0.25, -0.2) is 0 Å². The van der Waals surface area contributed by atoms with Gasteiger partial charge in [-0.2, -0.15) is 5.10 Å². The van der Waals surface area contributed by atoms with Crippen molar-refractivity contribution in [3.8, 4) is 0 Å². The van der Waals surface area contributed by atoms with Crippen molar-refractivity contribution in [2.24, 2.45) is 5.92 Å². The fourth-order valence-corrected chi connectivity index (χ4v) is 2.77. The van der Waals surface area contributed by atoms with Crippen molar-refractivity contribution in [3.63, 3.8) is 0 Å². The van der Waals surface area contributed by atoms with Crippen molar-refractivity contribution >= 4 is 27.5 Å². The molecule has 0 aliphatic carbocycles. The Hall–Kier alpha value is -0.840. The van der Waals surface area contributed by atoms with Crippen LogP contribution in [-0.4, -0.2) is 16.3 Å². The second-order valence-corrected chi connectivity index (χ2v) is 6.95. The molecule has 0 spiro atoms. The summed E-state index contributed by atoms with van der Waals surface area (Å²) < 4.78 is 3.02. The highest BCUT2D eigenvalue weighted by Gasteiger charge is 2.07. The first kappa shape index (κ1) is 16.5. The molecule has 0 bridgehead atoms. The van der Waals surface area contributed by atoms with Crippen LogP contribution in [0.25, 0.3) is 0 Å². The predicted octanol–water partition coefficient (Wildman–Crippen LogP) is 4.40. The molecule has 0 fully saturated rings. The quantitative estimate of drug-likeness (QED) is 0.816. The van der Waals surface area contributed by atoms with Crippen LogP contribution in [0.3, 0.4) is 0 Å². The number of aromatic nitrogens is 2. The van der Waals surface area contributed by atoms with Gasteiger partial charge in [0.25, 0.3) is 0 Å². The van der Waals surface area contributed by atoms with Gasteiger partial charge in [-0.05, 0) is 36.6 Å². The molecule has 1 heterocycles. The topological polar surface area (TPSA) is 29.9 Å². The molecule has 0 atom stereocenters. The third-order valence-corrected chi connectivity index (χ3v) is 4.47. The predicted molar refractivity (Wildman–Crippen MR) is 91.8 cm³/mol. The third-order valence-electron chi connectivity index (χ3n) is 3.36. The molecule has 1 aromatic heterocycles. The monoisotopic (exact) mass is 369 g/mol. The highest BCUT2D eigenvalue weighted by Crippen LogP contribution is 2.21. The summed E-state index contributed by atoms with van der Waals surface area (Å²) in [6, 6.07) is 6.47. The molecule has 0 unspecified atom stereocenters. The van der Waals surface area contributed by atoms with Gasteiger partial charge in [0, 0.05) is 11.0 Å². The van der Waals surface area contributed by atoms with Crippen molar-refractivity contribution in [1.29, 1.82) is 0 Å². The van der Waals surface area contributed by atoms with E-state index in [1.807, 2.05) is 11.6 Å². The van der Waals surface area contributed by atoms with Crippen LogP contribution in [0.5, 0.6) is 0 Å². The summed E-state index contributed by atoms with van der Waals surface area (Å²) in [7, 11) is 0. The fraction of sp³-hybridized carbons (Fsp3) is 0.438. The van der Waals surface area contributed by atoms with Gasteiger partial charge in [-0.15, -0.1) is 0 Å². The summed E-state index contributed by atoms with van der Waals surface area (Å²) in [5.41, 5.74) is 3.47. The summed E-state index contributed by atoms with van der Waals surface area (Å²) in [4.78, 5) is 0. The molecule has 1 aromatic carbocycles. The standard InChI is InChI=1S/C16H21BrClN3/c1-11(2)7-19-8-13-4-5-14(15(17)6-13)10-21-12(3)16(18)9-20-21/h4-6,9,11,19H,7-8,10H2,1-3H3. The summed E-state index contributed by atoms with van der Waals surface area (Å²) in [6.45, 7) is 9.05. The maximum absolute atomic E-state index is 6.04. The van der Waals surface area contributed by atoms with Crippen LogP contribution >= 0.6 is 27.5 Å². The van der Waals surface area contributed by atoms with Gasteiger partial charge >= 0.3 is 0 Å². The molecule has 2 aromatic rings. The molecule has 2 rings (SSSR count). The highest BCUT2D eigenvalue weighted by atomic mass is 79.9. The van der Waals surface area contributed by atoms with Crippen LogP contribution in [0.15, 0.2) is 28.9 Å². The summed E-state index contributed by atoms with van der Waals surface area (Å²) >= 11 is 9.69. The van der Waals surface area contributed by atoms with Gasteiger partial charge in [-0.1, -0.05) is 53.5 Å². The van der Waals surface area contributed by atoms with Crippen LogP contribution < -0.4 is 5.32 Å². The molecular weight excluding hydrogens is 350 g/mol. The molecule has 0 aliphatic heterocycles. The lowest BCUT2D eigenvalue weighted by Crippen LogP contribution is -2.19. The Balaban J connectivity index is 2.03. The van der Waals surface area contributed by atoms with Crippen LogP contribution in [-0.2, 0) is 13.1 Å². The first-order valence-corrected chi connectivity index (χ1v) is 8.30. The van der Waals surface area contributed by atoms with E-state index in [2.05, 4.69) is 58.4 Å². The Labute approximate surface area is 139 Å². The second-order valence-electron chi connectivity index (χ2n) is 5.69. The van der Waals surface area contributed by atoms with Gasteiger partial charge in [0.15, 0.2) is 0 Å². The largest absolute Gasteiger partial charge is 0.312 e. The molecule has 0 radical (unpaired) electrons. The Morgan fingerprint density at radius 2 is 2.14 bits per heavy atom. The van der Waals surface area contributed by atoms with Crippen molar-refractivity contribution < 1.29 is 0 Å². The van der Waals surface area contributed by atoms with Gasteiger partial charge in [-0.3, -0.25) is 4.68 Å². The molecule has 114 valence electrons. The Kier molecular flexibility index (Phi) is 5.85. The van der Waals surface area contributed by atoms with Crippen molar-refractivity contribution in [2.45, 2.75) is 33.9 Å². The molecular formula is C16H21BrClN3. The lowest BCUT2D eigenvalue weighted by atomic mass is 10.1. The molecule has 21 heavy (non-hydrogen) atoms. The number of hydrogen-bond acceptors (Lipinski definition) is 2. The maximum atomic E-state index is 6.04. The van der Waals surface area contributed by atoms with Gasteiger partial charge < -0.3 is 5.32 Å². The second kappa shape index (κ2) is 7.43. The number of rotatable bonds is 6. The molecule has 3 nitrogen and oxygen atoms in total. The number of halogens is 2. The van der Waals surface area contributed by atoms with E-state index in [1.165, 1.54) is 11.1 Å². The average molecular weight is 371 g/mol. The zero-order chi connectivity index (χ0) is 15.4. The van der Waals surface area contributed by atoms with Gasteiger partial charge in [0.2, 0.25) is 0 Å². The Morgan fingerprint density at radius 1 is 1.38 bits per heavy atom. The molecule has 5 heteroatoms. The van der Waals surface area contributed by atoms with E-state index in [0.29, 0.717) is 10.9 Å². The van der Waals surface area contributed by atoms with Crippen molar-refractivity contribution in [1.82, 2.24) is 15.1 Å². The maximum Gasteiger partial charge on any atom is 0.0815 e. The van der Waals surface area contributed by atoms with E-state index in [1.54, 1.807) is 6.20 Å². The third kappa shape index (κ3) is 4.56. The fourth-order valence-electron chi connectivity index (χ4n) is 2.08. The summed E-state index contributed by atoms with van der Waals surface area (Å²) in [5.74, 6) is 0.667. The first-order valence-electron chi connectivity index (χ1n) is 7.13. The average Bonchev–Trinajstić information content (AvgIpc) is 2.73. The number of hydrogen-bond donors (Lipinski definition) is 1. The van der Waals surface area contributed by atoms with Crippen LogP contribution in [0.2, 0.25) is 5.02 Å². The number of nitrogens with zero attached hydrogens (tertiary/aromatic N) is 2. The minimum absolute atomic E-state index is 0.667. The number of benzene rings is 1. The Bertz CT molecular complexity index is 608. The van der Waals surface area contributed by atoms with E-state index in [-0.39, 0.29) is 0 Å². The van der Waals surface area contributed by atoms with E-state index in [0.717, 1.165) is 29.8 Å². The van der Waals surface area contributed by atoms with E-state index in [4.69, 9.17) is 11.6 Å². The minimum atomic E-state index is 0.667. The van der Waals surface area contributed by atoms with Crippen LogP contribution in [0.4, 0.5) is 0 Å². The molecule has 0 saturated carbocycles. The van der Waals surface area contributed by atoms with E-state index >= 15 is 0 Å². The normalized spacial score (nSPS) is 11.3. The van der Waals surface area contributed by atoms with Gasteiger partial charge in [0.05, 0.1) is 23.5 Å². The van der Waals surface area contributed by atoms with E-state index < -0.39 is 0 Å². The molecule has 1 N–H and O–H groups in total. The Morgan fingerprint density at radius 3 is 2.71 bits per heavy atom. The van der Waals surface area contributed by atoms with Crippen molar-refractivity contribution in [2.75, 3.05) is 6.54 Å². The summed E-state index contributed by atoms with van der Waals surface area (Å²) in [6.07, 6.45) is 1.69. The highest BCUT2D eigenvalue weighted by molar-refractivity contribution is 9.10. The lowest BCUT2D eigenvalue weighted by molar-refractivity contribution is 0.552. The van der Waals surface area contributed by atoms with Crippen LogP contribution in [0, 0.1) is 12.8 Å². The van der Waals surface area contributed by atoms with Gasteiger partial charge in [0.1, 0.15) is 0 Å². The zero-order valence-corrected chi connectivity index (χ0v) is 15.0. The molecule has 0 saturated heterocycles. The summed E-state index contributed by atoms with van der Waals surface area (Å²) in [5, 5.41) is 8.46. The van der Waals surface area contributed by atoms with Crippen molar-refractivity contribution in [3.05, 3.63) is 50.7 Å². The number of nitrogens with one attached hydrogen (secondary N) is 1. The first-order chi connectivity index (χ1) is 9.97. The molecule has 0 aliphatic rings. The molecule has 0 amide bonds. The zero-order valence-electron chi connectivity index (χ0n) is 12.7.